The van der Waals surface area contributed by atoms with Crippen LogP contribution in [0.15, 0.2) is 33.7 Å². The highest BCUT2D eigenvalue weighted by atomic mass is 32.2. The molecule has 194 valence electrons. The second kappa shape index (κ2) is 11.3. The Hall–Kier alpha value is -3.05. The van der Waals surface area contributed by atoms with Gasteiger partial charge in [-0.05, 0) is 50.8 Å². The van der Waals surface area contributed by atoms with E-state index in [1.807, 2.05) is 4.90 Å². The van der Waals surface area contributed by atoms with E-state index < -0.39 is 15.8 Å². The van der Waals surface area contributed by atoms with Crippen molar-refractivity contribution in [2.75, 3.05) is 32.7 Å². The molecule has 0 aliphatic carbocycles. The number of sulfonamides is 1. The largest absolute Gasteiger partial charge is 0.356 e. The van der Waals surface area contributed by atoms with Crippen molar-refractivity contribution < 1.29 is 26.9 Å². The molecule has 0 unspecified atom stereocenters. The van der Waals surface area contributed by atoms with Gasteiger partial charge in [0.2, 0.25) is 21.8 Å². The predicted octanol–water partition coefficient (Wildman–Crippen LogP) is 2.82. The van der Waals surface area contributed by atoms with Crippen LogP contribution in [0.3, 0.4) is 0 Å². The van der Waals surface area contributed by atoms with Crippen molar-refractivity contribution >= 4 is 34.0 Å². The Labute approximate surface area is 210 Å². The first-order chi connectivity index (χ1) is 17.3. The molecule has 3 heterocycles. The lowest BCUT2D eigenvalue weighted by molar-refractivity contribution is -0.127. The molecule has 9 nitrogen and oxygen atoms in total. The monoisotopic (exact) mass is 518 g/mol. The van der Waals surface area contributed by atoms with Crippen LogP contribution >= 0.6 is 0 Å². The highest BCUT2D eigenvalue weighted by Crippen LogP contribution is 2.29. The molecule has 36 heavy (non-hydrogen) atoms. The molecule has 0 atom stereocenters. The summed E-state index contributed by atoms with van der Waals surface area (Å²) in [5.74, 6) is -0.585. The first-order valence-corrected chi connectivity index (χ1v) is 13.7. The van der Waals surface area contributed by atoms with E-state index in [-0.39, 0.29) is 47.2 Å². The average Bonchev–Trinajstić information content (AvgIpc) is 3.46. The Kier molecular flexibility index (Phi) is 8.20. The topological polar surface area (TPSA) is 113 Å². The Morgan fingerprint density at radius 2 is 1.97 bits per heavy atom. The Morgan fingerprint density at radius 3 is 2.67 bits per heavy atom. The van der Waals surface area contributed by atoms with Crippen LogP contribution in [0.2, 0.25) is 0 Å². The average molecular weight is 519 g/mol. The van der Waals surface area contributed by atoms with Crippen molar-refractivity contribution in [2.45, 2.75) is 43.9 Å². The molecule has 2 amide bonds. The summed E-state index contributed by atoms with van der Waals surface area (Å²) in [6, 6.07) is 6.14. The van der Waals surface area contributed by atoms with E-state index in [4.69, 9.17) is 4.52 Å². The fourth-order valence-electron chi connectivity index (χ4n) is 4.63. The molecule has 4 rings (SSSR count). The van der Waals surface area contributed by atoms with Crippen molar-refractivity contribution in [3.8, 4) is 0 Å². The molecule has 0 saturated carbocycles. The van der Waals surface area contributed by atoms with Crippen LogP contribution < -0.4 is 5.32 Å². The summed E-state index contributed by atoms with van der Waals surface area (Å²) in [5.41, 5.74) is 0.522. The molecule has 2 aliphatic rings. The van der Waals surface area contributed by atoms with Crippen LogP contribution in [0.25, 0.3) is 12.2 Å². The number of carbonyl (C=O) groups is 2. The number of nitrogens with one attached hydrogen (secondary N) is 1. The van der Waals surface area contributed by atoms with Crippen LogP contribution in [0.1, 0.15) is 49.1 Å². The summed E-state index contributed by atoms with van der Waals surface area (Å²) in [6.07, 6.45) is 5.85. The SMILES string of the molecule is Cc1noc(C=Cc2ccccc2F)c1S(=O)(=O)N1CCC(C(=O)NCCCN2CCCC2=O)CC1. The lowest BCUT2D eigenvalue weighted by Gasteiger charge is -2.30. The van der Waals surface area contributed by atoms with Crippen molar-refractivity contribution in [2.24, 2.45) is 5.92 Å². The Bertz CT molecular complexity index is 1230. The molecule has 0 spiro atoms. The number of rotatable bonds is 9. The quantitative estimate of drug-likeness (QED) is 0.511. The highest BCUT2D eigenvalue weighted by molar-refractivity contribution is 7.89. The van der Waals surface area contributed by atoms with Crippen molar-refractivity contribution in [1.29, 1.82) is 0 Å². The van der Waals surface area contributed by atoms with Gasteiger partial charge in [-0.1, -0.05) is 23.4 Å². The third-order valence-electron chi connectivity index (χ3n) is 6.65. The zero-order valence-electron chi connectivity index (χ0n) is 20.3. The number of hydrogen-bond acceptors (Lipinski definition) is 6. The van der Waals surface area contributed by atoms with E-state index >= 15 is 0 Å². The second-order valence-electron chi connectivity index (χ2n) is 9.12. The second-order valence-corrected chi connectivity index (χ2v) is 11.0. The van der Waals surface area contributed by atoms with Crippen molar-refractivity contribution in [3.05, 3.63) is 47.1 Å². The number of nitrogens with zero attached hydrogens (tertiary/aromatic N) is 3. The van der Waals surface area contributed by atoms with Crippen LogP contribution in [0, 0.1) is 18.7 Å². The standard InChI is InChI=1S/C25H31FN4O5S/c1-18-24(22(35-28-18)10-9-19-6-2-3-7-21(19)26)36(33,34)30-16-11-20(12-17-30)25(32)27-13-5-15-29-14-4-8-23(29)31/h2-3,6-7,9-10,20H,4-5,8,11-17H2,1H3,(H,27,32). The van der Waals surface area contributed by atoms with E-state index in [1.165, 1.54) is 22.5 Å². The maximum atomic E-state index is 13.9. The fourth-order valence-corrected chi connectivity index (χ4v) is 6.35. The summed E-state index contributed by atoms with van der Waals surface area (Å²) in [4.78, 5) is 26.0. The zero-order valence-corrected chi connectivity index (χ0v) is 21.1. The number of hydrogen-bond donors (Lipinski definition) is 1. The molecule has 2 aromatic rings. The van der Waals surface area contributed by atoms with E-state index in [0.717, 1.165) is 13.0 Å². The van der Waals surface area contributed by atoms with Crippen LogP contribution in [-0.4, -0.2) is 67.3 Å². The smallest absolute Gasteiger partial charge is 0.248 e. The molecular formula is C25H31FN4O5S. The summed E-state index contributed by atoms with van der Waals surface area (Å²) in [6.45, 7) is 3.85. The number of amides is 2. The summed E-state index contributed by atoms with van der Waals surface area (Å²) in [7, 11) is -3.92. The molecule has 1 aromatic carbocycles. The number of likely N-dealkylation sites (tertiary alicyclic amines) is 1. The Morgan fingerprint density at radius 1 is 1.22 bits per heavy atom. The molecule has 2 aliphatic heterocycles. The minimum Gasteiger partial charge on any atom is -0.356 e. The van der Waals surface area contributed by atoms with E-state index in [1.54, 1.807) is 25.1 Å². The first kappa shape index (κ1) is 26.0. The van der Waals surface area contributed by atoms with Gasteiger partial charge in [0, 0.05) is 50.6 Å². The van der Waals surface area contributed by atoms with Crippen molar-refractivity contribution in [1.82, 2.24) is 19.7 Å². The Balaban J connectivity index is 1.32. The van der Waals surface area contributed by atoms with Gasteiger partial charge in [-0.15, -0.1) is 0 Å². The van der Waals surface area contributed by atoms with Crippen LogP contribution in [0.5, 0.6) is 0 Å². The third-order valence-corrected chi connectivity index (χ3v) is 8.71. The number of benzene rings is 1. The number of piperidine rings is 1. The van der Waals surface area contributed by atoms with Gasteiger partial charge in [0.05, 0.1) is 0 Å². The molecule has 0 bridgehead atoms. The molecule has 1 aromatic heterocycles. The van der Waals surface area contributed by atoms with Gasteiger partial charge in [-0.3, -0.25) is 9.59 Å². The third kappa shape index (κ3) is 5.84. The molecule has 1 N–H and O–H groups in total. The normalized spacial score (nSPS) is 17.8. The summed E-state index contributed by atoms with van der Waals surface area (Å²) >= 11 is 0. The van der Waals surface area contributed by atoms with Gasteiger partial charge in [-0.2, -0.15) is 4.31 Å². The number of aryl methyl sites for hydroxylation is 1. The predicted molar refractivity (Wildman–Crippen MR) is 131 cm³/mol. The van der Waals surface area contributed by atoms with Crippen LogP contribution in [-0.2, 0) is 19.6 Å². The highest BCUT2D eigenvalue weighted by Gasteiger charge is 2.35. The lowest BCUT2D eigenvalue weighted by atomic mass is 9.97. The lowest BCUT2D eigenvalue weighted by Crippen LogP contribution is -2.43. The molecule has 2 saturated heterocycles. The van der Waals surface area contributed by atoms with Gasteiger partial charge in [-0.25, -0.2) is 12.8 Å². The molecule has 2 fully saturated rings. The maximum absolute atomic E-state index is 13.9. The molecule has 11 heteroatoms. The van der Waals surface area contributed by atoms with E-state index in [2.05, 4.69) is 10.5 Å². The van der Waals surface area contributed by atoms with Gasteiger partial charge < -0.3 is 14.7 Å². The molecular weight excluding hydrogens is 487 g/mol. The maximum Gasteiger partial charge on any atom is 0.248 e. The van der Waals surface area contributed by atoms with Gasteiger partial charge in [0.25, 0.3) is 0 Å². The summed E-state index contributed by atoms with van der Waals surface area (Å²) in [5, 5.41) is 6.73. The van der Waals surface area contributed by atoms with E-state index in [9.17, 15) is 22.4 Å². The van der Waals surface area contributed by atoms with Gasteiger partial charge in [0.1, 0.15) is 11.5 Å². The number of aromatic nitrogens is 1. The fraction of sp³-hybridized carbons (Fsp3) is 0.480. The minimum absolute atomic E-state index is 0.0344. The first-order valence-electron chi connectivity index (χ1n) is 12.2. The van der Waals surface area contributed by atoms with Gasteiger partial charge in [0.15, 0.2) is 10.7 Å². The number of halogens is 1. The van der Waals surface area contributed by atoms with E-state index in [0.29, 0.717) is 44.3 Å². The van der Waals surface area contributed by atoms with Gasteiger partial charge >= 0.3 is 0 Å². The number of carbonyl (C=O) groups excluding carboxylic acids is 2. The van der Waals surface area contributed by atoms with Crippen molar-refractivity contribution in [3.63, 3.8) is 0 Å². The zero-order chi connectivity index (χ0) is 25.7. The minimum atomic E-state index is -3.92. The van der Waals surface area contributed by atoms with Crippen LogP contribution in [0.4, 0.5) is 4.39 Å². The summed E-state index contributed by atoms with van der Waals surface area (Å²) < 4.78 is 47.3. The molecule has 0 radical (unpaired) electrons.